The molecule has 3 aromatic rings. The maximum Gasteiger partial charge on any atom is 0.335 e. The molecule has 0 saturated heterocycles. The Kier molecular flexibility index (Phi) is 7.78. The molecule has 0 saturated carbocycles. The van der Waals surface area contributed by atoms with Gasteiger partial charge in [-0.2, -0.15) is 4.31 Å². The predicted octanol–water partition coefficient (Wildman–Crippen LogP) is 6.41. The second-order valence-corrected chi connectivity index (χ2v) is 12.0. The number of hydrogen-bond acceptors (Lipinski definition) is 5. The molecule has 36 heavy (non-hydrogen) atoms. The second-order valence-electron chi connectivity index (χ2n) is 9.18. The highest BCUT2D eigenvalue weighted by molar-refractivity contribution is 7.98. The van der Waals surface area contributed by atoms with Gasteiger partial charge in [0, 0.05) is 30.2 Å². The molecule has 6 nitrogen and oxygen atoms in total. The van der Waals surface area contributed by atoms with E-state index in [0.717, 1.165) is 35.4 Å². The van der Waals surface area contributed by atoms with Crippen LogP contribution in [0.4, 0.5) is 11.4 Å². The Hall–Kier alpha value is -2.81. The van der Waals surface area contributed by atoms with Gasteiger partial charge in [-0.15, -0.1) is 11.8 Å². The van der Waals surface area contributed by atoms with Gasteiger partial charge in [0.15, 0.2) is 0 Å². The highest BCUT2D eigenvalue weighted by Gasteiger charge is 2.37. The lowest BCUT2D eigenvalue weighted by Crippen LogP contribution is -2.40. The maximum atomic E-state index is 14.0. The van der Waals surface area contributed by atoms with Crippen LogP contribution in [-0.4, -0.2) is 49.7 Å². The van der Waals surface area contributed by atoms with Crippen molar-refractivity contribution >= 4 is 39.1 Å². The van der Waals surface area contributed by atoms with Gasteiger partial charge in [0.2, 0.25) is 10.0 Å². The molecule has 1 unspecified atom stereocenters. The molecule has 1 atom stereocenters. The van der Waals surface area contributed by atoms with Crippen LogP contribution in [0.1, 0.15) is 42.1 Å². The fraction of sp³-hybridized carbons (Fsp3) is 0.321. The van der Waals surface area contributed by atoms with Gasteiger partial charge in [-0.3, -0.25) is 0 Å². The molecule has 3 aromatic carbocycles. The molecule has 0 spiro atoms. The largest absolute Gasteiger partial charge is 0.478 e. The van der Waals surface area contributed by atoms with Gasteiger partial charge < -0.3 is 10.0 Å². The standard InChI is InChI=1S/C28H32N2O4S2/c1-5-6-10-23-18-30(22-11-8-7-9-12-22)25-17-26(35-4)24(16-27(25)36(33,34)29(23)3)20-13-19(2)14-21(15-20)28(31)32/h7-9,11-17,23H,5-6,10,18H2,1-4H3,(H,31,32). The van der Waals surface area contributed by atoms with E-state index in [1.807, 2.05) is 55.6 Å². The summed E-state index contributed by atoms with van der Waals surface area (Å²) in [5.41, 5.74) is 3.97. The van der Waals surface area contributed by atoms with Crippen LogP contribution < -0.4 is 4.90 Å². The molecule has 1 heterocycles. The number of benzene rings is 3. The van der Waals surface area contributed by atoms with E-state index in [0.29, 0.717) is 23.4 Å². The molecule has 0 amide bonds. The lowest BCUT2D eigenvalue weighted by Gasteiger charge is -2.29. The minimum absolute atomic E-state index is 0.178. The van der Waals surface area contributed by atoms with Gasteiger partial charge >= 0.3 is 5.97 Å². The van der Waals surface area contributed by atoms with Crippen molar-refractivity contribution in [3.8, 4) is 11.1 Å². The number of aryl methyl sites for hydroxylation is 1. The number of aromatic carboxylic acids is 1. The number of carboxylic acid groups (broad SMARTS) is 1. The molecule has 0 aliphatic carbocycles. The second kappa shape index (κ2) is 10.7. The molecule has 1 N–H and O–H groups in total. The van der Waals surface area contributed by atoms with E-state index < -0.39 is 16.0 Å². The number of nitrogens with zero attached hydrogens (tertiary/aromatic N) is 2. The Labute approximate surface area is 218 Å². The fourth-order valence-corrected chi connectivity index (χ4v) is 6.97. The number of hydrogen-bond donors (Lipinski definition) is 1. The van der Waals surface area contributed by atoms with Crippen molar-refractivity contribution < 1.29 is 18.3 Å². The number of thioether (sulfide) groups is 1. The van der Waals surface area contributed by atoms with Crippen molar-refractivity contribution in [3.05, 3.63) is 71.8 Å². The van der Waals surface area contributed by atoms with Crippen LogP contribution in [0.3, 0.4) is 0 Å². The lowest BCUT2D eigenvalue weighted by molar-refractivity contribution is 0.0696. The topological polar surface area (TPSA) is 77.9 Å². The predicted molar refractivity (Wildman–Crippen MR) is 147 cm³/mol. The van der Waals surface area contributed by atoms with Crippen molar-refractivity contribution in [3.63, 3.8) is 0 Å². The van der Waals surface area contributed by atoms with Crippen LogP contribution in [-0.2, 0) is 10.0 Å². The molecule has 1 aliphatic rings. The molecule has 8 heteroatoms. The zero-order valence-corrected chi connectivity index (χ0v) is 22.7. The summed E-state index contributed by atoms with van der Waals surface area (Å²) in [6, 6.07) is 18.5. The van der Waals surface area contributed by atoms with E-state index >= 15 is 0 Å². The number of para-hydroxylation sites is 1. The molecule has 4 rings (SSSR count). The van der Waals surface area contributed by atoms with Crippen molar-refractivity contribution in [2.75, 3.05) is 24.7 Å². The van der Waals surface area contributed by atoms with E-state index in [9.17, 15) is 18.3 Å². The summed E-state index contributed by atoms with van der Waals surface area (Å²) in [5, 5.41) is 9.60. The quantitative estimate of drug-likeness (QED) is 0.360. The van der Waals surface area contributed by atoms with Crippen LogP contribution >= 0.6 is 11.8 Å². The average Bonchev–Trinajstić information content (AvgIpc) is 2.95. The Morgan fingerprint density at radius 3 is 2.47 bits per heavy atom. The molecular weight excluding hydrogens is 492 g/mol. The SMILES string of the molecule is CCCCC1CN(c2ccccc2)c2cc(SC)c(-c3cc(C)cc(C(=O)O)c3)cc2S(=O)(=O)N1C. The summed E-state index contributed by atoms with van der Waals surface area (Å²) in [6.07, 6.45) is 4.65. The summed E-state index contributed by atoms with van der Waals surface area (Å²) >= 11 is 1.52. The monoisotopic (exact) mass is 524 g/mol. The van der Waals surface area contributed by atoms with Crippen LogP contribution in [0.5, 0.6) is 0 Å². The Morgan fingerprint density at radius 2 is 1.83 bits per heavy atom. The van der Waals surface area contributed by atoms with Gasteiger partial charge in [-0.25, -0.2) is 13.2 Å². The third-order valence-corrected chi connectivity index (χ3v) is 9.45. The summed E-state index contributed by atoms with van der Waals surface area (Å²) in [5.74, 6) is -1.01. The Bertz CT molecular complexity index is 1370. The van der Waals surface area contributed by atoms with E-state index in [4.69, 9.17) is 0 Å². The zero-order valence-electron chi connectivity index (χ0n) is 21.1. The molecule has 1 aliphatic heterocycles. The summed E-state index contributed by atoms with van der Waals surface area (Å²) in [7, 11) is -2.13. The number of fused-ring (bicyclic) bond motifs is 1. The van der Waals surface area contributed by atoms with E-state index in [1.54, 1.807) is 25.2 Å². The molecule has 0 bridgehead atoms. The number of anilines is 2. The highest BCUT2D eigenvalue weighted by atomic mass is 32.2. The normalized spacial score (nSPS) is 17.4. The van der Waals surface area contributed by atoms with E-state index in [-0.39, 0.29) is 16.5 Å². The van der Waals surface area contributed by atoms with Crippen molar-refractivity contribution in [1.29, 1.82) is 0 Å². The molecule has 0 fully saturated rings. The van der Waals surface area contributed by atoms with Gasteiger partial charge in [0.25, 0.3) is 0 Å². The number of unbranched alkanes of at least 4 members (excludes halogenated alkanes) is 1. The average molecular weight is 525 g/mol. The minimum atomic E-state index is -3.80. The number of likely N-dealkylation sites (N-methyl/N-ethyl adjacent to an activating group) is 1. The first-order chi connectivity index (χ1) is 17.2. The third-order valence-electron chi connectivity index (χ3n) is 6.73. The summed E-state index contributed by atoms with van der Waals surface area (Å²) in [4.78, 5) is 15.0. The zero-order chi connectivity index (χ0) is 26.0. The molecule has 0 aromatic heterocycles. The minimum Gasteiger partial charge on any atom is -0.478 e. The lowest BCUT2D eigenvalue weighted by atomic mass is 9.99. The summed E-state index contributed by atoms with van der Waals surface area (Å²) < 4.78 is 29.5. The first kappa shape index (κ1) is 26.3. The number of rotatable bonds is 7. The van der Waals surface area contributed by atoms with Crippen LogP contribution in [0.25, 0.3) is 11.1 Å². The van der Waals surface area contributed by atoms with Crippen LogP contribution in [0.15, 0.2) is 70.5 Å². The highest BCUT2D eigenvalue weighted by Crippen LogP contribution is 2.44. The number of carbonyl (C=O) groups is 1. The van der Waals surface area contributed by atoms with Gasteiger partial charge in [-0.05, 0) is 72.7 Å². The van der Waals surface area contributed by atoms with Crippen LogP contribution in [0, 0.1) is 6.92 Å². The van der Waals surface area contributed by atoms with Crippen molar-refractivity contribution in [2.45, 2.75) is 48.9 Å². The van der Waals surface area contributed by atoms with Gasteiger partial charge in [0.05, 0.1) is 11.3 Å². The first-order valence-corrected chi connectivity index (χ1v) is 14.7. The van der Waals surface area contributed by atoms with Crippen molar-refractivity contribution in [2.24, 2.45) is 0 Å². The smallest absolute Gasteiger partial charge is 0.335 e. The number of sulfonamides is 1. The maximum absolute atomic E-state index is 14.0. The fourth-order valence-electron chi connectivity index (χ4n) is 4.76. The molecule has 190 valence electrons. The van der Waals surface area contributed by atoms with Gasteiger partial charge in [-0.1, -0.05) is 44.0 Å². The first-order valence-electron chi connectivity index (χ1n) is 12.1. The number of carboxylic acids is 1. The van der Waals surface area contributed by atoms with Crippen LogP contribution in [0.2, 0.25) is 0 Å². The van der Waals surface area contributed by atoms with E-state index in [1.165, 1.54) is 16.1 Å². The van der Waals surface area contributed by atoms with E-state index in [2.05, 4.69) is 11.8 Å². The van der Waals surface area contributed by atoms with Gasteiger partial charge in [0.1, 0.15) is 4.90 Å². The molecular formula is C28H32N2O4S2. The summed E-state index contributed by atoms with van der Waals surface area (Å²) in [6.45, 7) is 4.50. The Balaban J connectivity index is 1.99. The third kappa shape index (κ3) is 5.03. The molecule has 0 radical (unpaired) electrons. The van der Waals surface area contributed by atoms with Crippen molar-refractivity contribution in [1.82, 2.24) is 4.31 Å². The Morgan fingerprint density at radius 1 is 1.11 bits per heavy atom.